The molecule has 0 aromatic rings. The van der Waals surface area contributed by atoms with Gasteiger partial charge in [0.05, 0.1) is 0 Å². The van der Waals surface area contributed by atoms with Gasteiger partial charge in [0.2, 0.25) is 0 Å². The molecule has 0 saturated heterocycles. The van der Waals surface area contributed by atoms with Crippen molar-refractivity contribution in [3.8, 4) is 12.3 Å². The summed E-state index contributed by atoms with van der Waals surface area (Å²) in [6.45, 7) is 18.4. The molecule has 0 heterocycles. The van der Waals surface area contributed by atoms with Crippen LogP contribution >= 0.6 is 0 Å². The van der Waals surface area contributed by atoms with E-state index in [1.165, 1.54) is 0 Å². The highest BCUT2D eigenvalue weighted by Gasteiger charge is 2.14. The zero-order valence-corrected chi connectivity index (χ0v) is 15.8. The highest BCUT2D eigenvalue weighted by atomic mass is 15.2. The van der Waals surface area contributed by atoms with Gasteiger partial charge in [0.1, 0.15) is 0 Å². The van der Waals surface area contributed by atoms with E-state index in [1.807, 2.05) is 44.2 Å². The van der Waals surface area contributed by atoms with E-state index in [-0.39, 0.29) is 0 Å². The van der Waals surface area contributed by atoms with Crippen LogP contribution in [-0.4, -0.2) is 10.9 Å². The lowest BCUT2D eigenvalue weighted by atomic mass is 10.1. The van der Waals surface area contributed by atoms with Crippen molar-refractivity contribution in [3.63, 3.8) is 0 Å². The predicted molar refractivity (Wildman–Crippen MR) is 109 cm³/mol. The van der Waals surface area contributed by atoms with Gasteiger partial charge in [-0.1, -0.05) is 56.4 Å². The maximum Gasteiger partial charge on any atom is 0.0367 e. The maximum absolute atomic E-state index is 5.40. The number of hydrogen-bond donors (Lipinski definition) is 0. The highest BCUT2D eigenvalue weighted by molar-refractivity contribution is 5.48. The van der Waals surface area contributed by atoms with E-state index in [4.69, 9.17) is 6.42 Å². The Morgan fingerprint density at radius 2 is 1.92 bits per heavy atom. The topological polar surface area (TPSA) is 3.24 Å². The number of terminal acetylenes is 1. The zero-order valence-electron chi connectivity index (χ0n) is 15.8. The third-order valence-electron chi connectivity index (χ3n) is 3.76. The van der Waals surface area contributed by atoms with Crippen LogP contribution in [0.2, 0.25) is 0 Å². The molecule has 1 nitrogen and oxygen atoms in total. The van der Waals surface area contributed by atoms with Crippen molar-refractivity contribution < 1.29 is 0 Å². The normalized spacial score (nSPS) is 14.8. The van der Waals surface area contributed by atoms with E-state index in [0.29, 0.717) is 6.04 Å². The Morgan fingerprint density at radius 1 is 1.25 bits per heavy atom. The SMILES string of the molecule is C#C/C=C(\C=C/C)C(=C)/C=C\C(=C/C)N(/C(C)=C/C=C)C(C)CC. The standard InChI is InChI=1S/C23H31N/c1-9-14-21(8)24(20(7)12-4)23(13-5)18-17-19(6)22(15-10-2)16-11-3/h2,9,11,13-18,20H,1,6,12H2,3-5,7-8H3/b16-11-,18-17-,21-14+,22-15+,23-13+. The van der Waals surface area contributed by atoms with Crippen LogP contribution in [0.3, 0.4) is 0 Å². The predicted octanol–water partition coefficient (Wildman–Crippen LogP) is 6.33. The second kappa shape index (κ2) is 12.0. The second-order valence-electron chi connectivity index (χ2n) is 5.51. The first-order chi connectivity index (χ1) is 11.5. The van der Waals surface area contributed by atoms with E-state index in [1.54, 1.807) is 6.08 Å². The average Bonchev–Trinajstić information content (AvgIpc) is 2.57. The van der Waals surface area contributed by atoms with Gasteiger partial charge in [-0.3, -0.25) is 0 Å². The van der Waals surface area contributed by atoms with Crippen LogP contribution in [0.5, 0.6) is 0 Å². The third-order valence-corrected chi connectivity index (χ3v) is 3.76. The Bertz CT molecular complexity index is 615. The van der Waals surface area contributed by atoms with Crippen LogP contribution in [0.15, 0.2) is 84.3 Å². The van der Waals surface area contributed by atoms with Crippen LogP contribution in [0.25, 0.3) is 0 Å². The quantitative estimate of drug-likeness (QED) is 0.354. The molecule has 1 atom stereocenters. The number of hydrogen-bond acceptors (Lipinski definition) is 1. The molecular weight excluding hydrogens is 290 g/mol. The van der Waals surface area contributed by atoms with Crippen molar-refractivity contribution >= 4 is 0 Å². The molecule has 0 radical (unpaired) electrons. The third kappa shape index (κ3) is 6.75. The van der Waals surface area contributed by atoms with Gasteiger partial charge in [-0.2, -0.15) is 0 Å². The lowest BCUT2D eigenvalue weighted by Crippen LogP contribution is -2.29. The minimum absolute atomic E-state index is 0.390. The summed E-state index contributed by atoms with van der Waals surface area (Å²) in [5, 5.41) is 0. The summed E-state index contributed by atoms with van der Waals surface area (Å²) in [5.41, 5.74) is 4.12. The molecule has 24 heavy (non-hydrogen) atoms. The summed E-state index contributed by atoms with van der Waals surface area (Å²) in [6, 6.07) is 0.390. The molecule has 0 aromatic heterocycles. The van der Waals surface area contributed by atoms with Crippen LogP contribution in [0.1, 0.15) is 41.0 Å². The molecule has 1 unspecified atom stereocenters. The number of nitrogens with zero attached hydrogens (tertiary/aromatic N) is 1. The summed E-state index contributed by atoms with van der Waals surface area (Å²) in [6.07, 6.45) is 22.2. The Morgan fingerprint density at radius 3 is 2.38 bits per heavy atom. The van der Waals surface area contributed by atoms with E-state index < -0.39 is 0 Å². The minimum atomic E-state index is 0.390. The van der Waals surface area contributed by atoms with Crippen molar-refractivity contribution in [2.75, 3.05) is 0 Å². The molecule has 1 heteroatoms. The molecule has 0 amide bonds. The van der Waals surface area contributed by atoms with Gasteiger partial charge in [0.25, 0.3) is 0 Å². The van der Waals surface area contributed by atoms with Crippen molar-refractivity contribution in [3.05, 3.63) is 84.3 Å². The van der Waals surface area contributed by atoms with Crippen molar-refractivity contribution in [1.29, 1.82) is 0 Å². The fourth-order valence-electron chi connectivity index (χ4n) is 2.35. The van der Waals surface area contributed by atoms with Crippen LogP contribution < -0.4 is 0 Å². The van der Waals surface area contributed by atoms with Gasteiger partial charge in [0, 0.05) is 17.4 Å². The molecule has 0 aliphatic carbocycles. The summed E-state index contributed by atoms with van der Waals surface area (Å²) < 4.78 is 0. The van der Waals surface area contributed by atoms with Gasteiger partial charge >= 0.3 is 0 Å². The van der Waals surface area contributed by atoms with E-state index in [2.05, 4.69) is 56.9 Å². The lowest BCUT2D eigenvalue weighted by molar-refractivity contribution is 0.333. The van der Waals surface area contributed by atoms with Gasteiger partial charge in [-0.15, -0.1) is 6.42 Å². The minimum Gasteiger partial charge on any atom is -0.343 e. The van der Waals surface area contributed by atoms with Crippen molar-refractivity contribution in [1.82, 2.24) is 4.90 Å². The van der Waals surface area contributed by atoms with Gasteiger partial charge in [-0.05, 0) is 63.5 Å². The maximum atomic E-state index is 5.40. The molecule has 0 aliphatic rings. The molecule has 0 spiro atoms. The summed E-state index contributed by atoms with van der Waals surface area (Å²) in [5.74, 6) is 2.57. The van der Waals surface area contributed by atoms with Crippen LogP contribution in [-0.2, 0) is 0 Å². The van der Waals surface area contributed by atoms with E-state index in [0.717, 1.165) is 29.0 Å². The summed E-state index contributed by atoms with van der Waals surface area (Å²) in [4.78, 5) is 2.31. The summed E-state index contributed by atoms with van der Waals surface area (Å²) in [7, 11) is 0. The molecule has 0 aromatic carbocycles. The van der Waals surface area contributed by atoms with Gasteiger partial charge < -0.3 is 4.90 Å². The van der Waals surface area contributed by atoms with Crippen LogP contribution in [0, 0.1) is 12.3 Å². The number of rotatable bonds is 9. The lowest BCUT2D eigenvalue weighted by Gasteiger charge is -2.32. The fraction of sp³-hybridized carbons (Fsp3) is 0.304. The van der Waals surface area contributed by atoms with Gasteiger partial charge in [0.15, 0.2) is 0 Å². The Kier molecular flexibility index (Phi) is 10.8. The van der Waals surface area contributed by atoms with Crippen molar-refractivity contribution in [2.45, 2.75) is 47.1 Å². The first kappa shape index (κ1) is 21.5. The van der Waals surface area contributed by atoms with Crippen molar-refractivity contribution in [2.24, 2.45) is 0 Å². The first-order valence-electron chi connectivity index (χ1n) is 8.37. The molecule has 0 rings (SSSR count). The highest BCUT2D eigenvalue weighted by Crippen LogP contribution is 2.22. The first-order valence-corrected chi connectivity index (χ1v) is 8.37. The molecule has 0 aliphatic heterocycles. The molecule has 0 saturated carbocycles. The van der Waals surface area contributed by atoms with E-state index >= 15 is 0 Å². The average molecular weight is 322 g/mol. The Labute approximate surface area is 149 Å². The Hall–Kier alpha value is -2.46. The van der Waals surface area contributed by atoms with E-state index in [9.17, 15) is 0 Å². The molecule has 0 bridgehead atoms. The molecule has 0 N–H and O–H groups in total. The molecule has 0 fully saturated rings. The van der Waals surface area contributed by atoms with Gasteiger partial charge in [-0.25, -0.2) is 0 Å². The monoisotopic (exact) mass is 321 g/mol. The Balaban J connectivity index is 5.64. The largest absolute Gasteiger partial charge is 0.343 e. The number of allylic oxidation sites excluding steroid dienone is 11. The fourth-order valence-corrected chi connectivity index (χ4v) is 2.35. The smallest absolute Gasteiger partial charge is 0.0367 e. The zero-order chi connectivity index (χ0) is 18.5. The molecular formula is C23H31N. The summed E-state index contributed by atoms with van der Waals surface area (Å²) >= 11 is 0. The molecule has 128 valence electrons. The van der Waals surface area contributed by atoms with Crippen LogP contribution in [0.4, 0.5) is 0 Å². The second-order valence-corrected chi connectivity index (χ2v) is 5.51.